The van der Waals surface area contributed by atoms with Gasteiger partial charge >= 0.3 is 0 Å². The van der Waals surface area contributed by atoms with Gasteiger partial charge in [0, 0.05) is 12.6 Å². The van der Waals surface area contributed by atoms with E-state index >= 15 is 0 Å². The minimum Gasteiger partial charge on any atom is -0.368 e. The molecular formula is C13H23N3O2. The average molecular weight is 253 g/mol. The second-order valence-electron chi connectivity index (χ2n) is 5.41. The molecule has 2 rings (SSSR count). The number of hydrogen-bond acceptors (Lipinski definition) is 3. The molecule has 0 unspecified atom stereocenters. The second kappa shape index (κ2) is 6.18. The summed E-state index contributed by atoms with van der Waals surface area (Å²) in [6.45, 7) is 1.81. The Morgan fingerprint density at radius 3 is 2.44 bits per heavy atom. The Hall–Kier alpha value is -1.10. The molecule has 102 valence electrons. The minimum absolute atomic E-state index is 0.0266. The predicted molar refractivity (Wildman–Crippen MR) is 68.8 cm³/mol. The van der Waals surface area contributed by atoms with Crippen LogP contribution in [0.4, 0.5) is 0 Å². The lowest BCUT2D eigenvalue weighted by atomic mass is 9.97. The highest BCUT2D eigenvalue weighted by molar-refractivity contribution is 5.85. The number of hydrogen-bond donors (Lipinski definition) is 2. The number of nitrogens with two attached hydrogens (primary N) is 1. The summed E-state index contributed by atoms with van der Waals surface area (Å²) >= 11 is 0. The molecule has 5 nitrogen and oxygen atoms in total. The van der Waals surface area contributed by atoms with Gasteiger partial charge in [-0.05, 0) is 32.2 Å². The molecule has 3 N–H and O–H groups in total. The van der Waals surface area contributed by atoms with Crippen molar-refractivity contribution in [2.45, 2.75) is 44.6 Å². The summed E-state index contributed by atoms with van der Waals surface area (Å²) in [6.07, 6.45) is 6.28. The van der Waals surface area contributed by atoms with Crippen molar-refractivity contribution in [1.82, 2.24) is 10.2 Å². The lowest BCUT2D eigenvalue weighted by Crippen LogP contribution is -2.49. The van der Waals surface area contributed by atoms with Gasteiger partial charge in [0.1, 0.15) is 0 Å². The highest BCUT2D eigenvalue weighted by Crippen LogP contribution is 2.25. The van der Waals surface area contributed by atoms with Crippen LogP contribution in [0.2, 0.25) is 0 Å². The molecule has 18 heavy (non-hydrogen) atoms. The average Bonchev–Trinajstić information content (AvgIpc) is 2.89. The fourth-order valence-corrected chi connectivity index (χ4v) is 3.07. The SMILES string of the molecule is NC(=O)CN(C(=O)[C@H]1CCCNC1)C1CCCC1. The summed E-state index contributed by atoms with van der Waals surface area (Å²) in [5.41, 5.74) is 5.28. The first-order valence-corrected chi connectivity index (χ1v) is 6.98. The Labute approximate surface area is 108 Å². The highest BCUT2D eigenvalue weighted by Gasteiger charge is 2.32. The van der Waals surface area contributed by atoms with Gasteiger partial charge in [-0.1, -0.05) is 12.8 Å². The van der Waals surface area contributed by atoms with E-state index in [1.165, 1.54) is 0 Å². The Morgan fingerprint density at radius 2 is 1.89 bits per heavy atom. The number of nitrogens with zero attached hydrogens (tertiary/aromatic N) is 1. The fraction of sp³-hybridized carbons (Fsp3) is 0.846. The van der Waals surface area contributed by atoms with Crippen LogP contribution in [-0.2, 0) is 9.59 Å². The van der Waals surface area contributed by atoms with Gasteiger partial charge in [-0.2, -0.15) is 0 Å². The number of piperidine rings is 1. The Morgan fingerprint density at radius 1 is 1.17 bits per heavy atom. The summed E-state index contributed by atoms with van der Waals surface area (Å²) in [7, 11) is 0. The van der Waals surface area contributed by atoms with E-state index in [4.69, 9.17) is 5.73 Å². The van der Waals surface area contributed by atoms with Crippen LogP contribution in [0.3, 0.4) is 0 Å². The molecule has 2 amide bonds. The molecule has 1 atom stereocenters. The van der Waals surface area contributed by atoms with Gasteiger partial charge in [0.15, 0.2) is 0 Å². The van der Waals surface area contributed by atoms with Gasteiger partial charge in [0.25, 0.3) is 0 Å². The maximum Gasteiger partial charge on any atom is 0.237 e. The van der Waals surface area contributed by atoms with E-state index in [-0.39, 0.29) is 24.4 Å². The van der Waals surface area contributed by atoms with Crippen LogP contribution in [0, 0.1) is 5.92 Å². The molecule has 2 fully saturated rings. The van der Waals surface area contributed by atoms with Gasteiger partial charge in [0.2, 0.25) is 11.8 Å². The maximum absolute atomic E-state index is 12.5. The molecule has 0 aromatic carbocycles. The molecule has 1 saturated heterocycles. The zero-order chi connectivity index (χ0) is 13.0. The van der Waals surface area contributed by atoms with Crippen molar-refractivity contribution in [3.8, 4) is 0 Å². The van der Waals surface area contributed by atoms with E-state index in [0.29, 0.717) is 0 Å². The Bertz CT molecular complexity index is 307. The van der Waals surface area contributed by atoms with Crippen LogP contribution in [0.1, 0.15) is 38.5 Å². The third kappa shape index (κ3) is 3.22. The smallest absolute Gasteiger partial charge is 0.237 e. The summed E-state index contributed by atoms with van der Waals surface area (Å²) in [6, 6.07) is 0.229. The van der Waals surface area contributed by atoms with Crippen molar-refractivity contribution in [1.29, 1.82) is 0 Å². The molecule has 0 bridgehead atoms. The molecule has 2 aliphatic rings. The lowest BCUT2D eigenvalue weighted by molar-refractivity contribution is -0.141. The van der Waals surface area contributed by atoms with Crippen LogP contribution in [-0.4, -0.2) is 42.4 Å². The van der Waals surface area contributed by atoms with Crippen molar-refractivity contribution in [3.05, 3.63) is 0 Å². The number of nitrogens with one attached hydrogen (secondary N) is 1. The molecule has 5 heteroatoms. The van der Waals surface area contributed by atoms with Crippen molar-refractivity contribution in [3.63, 3.8) is 0 Å². The number of rotatable bonds is 4. The van der Waals surface area contributed by atoms with E-state index < -0.39 is 5.91 Å². The summed E-state index contributed by atoms with van der Waals surface area (Å²) < 4.78 is 0. The van der Waals surface area contributed by atoms with E-state index in [0.717, 1.165) is 51.6 Å². The van der Waals surface area contributed by atoms with Crippen LogP contribution in [0.25, 0.3) is 0 Å². The van der Waals surface area contributed by atoms with E-state index in [1.807, 2.05) is 0 Å². The van der Waals surface area contributed by atoms with Crippen molar-refractivity contribution in [2.75, 3.05) is 19.6 Å². The molecule has 0 spiro atoms. The van der Waals surface area contributed by atoms with Crippen molar-refractivity contribution >= 4 is 11.8 Å². The first-order chi connectivity index (χ1) is 8.68. The van der Waals surface area contributed by atoms with Gasteiger partial charge in [0.05, 0.1) is 12.5 Å². The molecule has 1 saturated carbocycles. The third-order valence-electron chi connectivity index (χ3n) is 4.02. The number of amides is 2. The highest BCUT2D eigenvalue weighted by atomic mass is 16.2. The van der Waals surface area contributed by atoms with Gasteiger partial charge < -0.3 is 16.0 Å². The van der Waals surface area contributed by atoms with Crippen LogP contribution in [0.15, 0.2) is 0 Å². The van der Waals surface area contributed by atoms with Crippen LogP contribution < -0.4 is 11.1 Å². The van der Waals surface area contributed by atoms with E-state index in [1.54, 1.807) is 4.90 Å². The number of carbonyl (C=O) groups is 2. The minimum atomic E-state index is -0.404. The van der Waals surface area contributed by atoms with Gasteiger partial charge in [-0.25, -0.2) is 0 Å². The number of primary amides is 1. The van der Waals surface area contributed by atoms with Gasteiger partial charge in [-0.15, -0.1) is 0 Å². The molecule has 0 radical (unpaired) electrons. The lowest BCUT2D eigenvalue weighted by Gasteiger charge is -2.33. The summed E-state index contributed by atoms with van der Waals surface area (Å²) in [5.74, 6) is -0.259. The Kier molecular flexibility index (Phi) is 4.58. The van der Waals surface area contributed by atoms with Crippen molar-refractivity contribution in [2.24, 2.45) is 11.7 Å². The van der Waals surface area contributed by atoms with Crippen molar-refractivity contribution < 1.29 is 9.59 Å². The maximum atomic E-state index is 12.5. The first-order valence-electron chi connectivity index (χ1n) is 6.98. The molecule has 0 aromatic heterocycles. The molecule has 1 aliphatic carbocycles. The van der Waals surface area contributed by atoms with E-state index in [2.05, 4.69) is 5.32 Å². The molecule has 1 heterocycles. The largest absolute Gasteiger partial charge is 0.368 e. The first kappa shape index (κ1) is 13.3. The van der Waals surface area contributed by atoms with Gasteiger partial charge in [-0.3, -0.25) is 9.59 Å². The fourth-order valence-electron chi connectivity index (χ4n) is 3.07. The summed E-state index contributed by atoms with van der Waals surface area (Å²) in [4.78, 5) is 25.4. The standard InChI is InChI=1S/C13H23N3O2/c14-12(17)9-16(11-5-1-2-6-11)13(18)10-4-3-7-15-8-10/h10-11,15H,1-9H2,(H2,14,17)/t10-/m0/s1. The molecule has 1 aliphatic heterocycles. The predicted octanol–water partition coefficient (Wildman–Crippen LogP) is 0.242. The quantitative estimate of drug-likeness (QED) is 0.753. The molecular weight excluding hydrogens is 230 g/mol. The molecule has 0 aromatic rings. The Balaban J connectivity index is 2.01. The van der Waals surface area contributed by atoms with E-state index in [9.17, 15) is 9.59 Å². The zero-order valence-electron chi connectivity index (χ0n) is 10.9. The third-order valence-corrected chi connectivity index (χ3v) is 4.02. The van der Waals surface area contributed by atoms with Crippen LogP contribution >= 0.6 is 0 Å². The monoisotopic (exact) mass is 253 g/mol. The summed E-state index contributed by atoms with van der Waals surface area (Å²) in [5, 5.41) is 3.25. The zero-order valence-corrected chi connectivity index (χ0v) is 10.9. The number of carbonyl (C=O) groups excluding carboxylic acids is 2. The van der Waals surface area contributed by atoms with Crippen LogP contribution in [0.5, 0.6) is 0 Å². The normalized spacial score (nSPS) is 25.0. The second-order valence-corrected chi connectivity index (χ2v) is 5.41. The topological polar surface area (TPSA) is 75.4 Å².